The highest BCUT2D eigenvalue weighted by atomic mass is 32.1. The molecule has 162 valence electrons. The van der Waals surface area contributed by atoms with E-state index in [0.29, 0.717) is 30.4 Å². The summed E-state index contributed by atoms with van der Waals surface area (Å²) < 4.78 is 5.92. The van der Waals surface area contributed by atoms with Crippen molar-refractivity contribution in [3.8, 4) is 16.5 Å². The van der Waals surface area contributed by atoms with E-state index in [9.17, 15) is 9.59 Å². The van der Waals surface area contributed by atoms with Crippen LogP contribution in [0.5, 0.6) is 5.75 Å². The summed E-state index contributed by atoms with van der Waals surface area (Å²) in [6.45, 7) is 7.03. The number of carbonyl (C=O) groups is 1. The standard InChI is InChI=1S/C23H26N4O3S/c1-14-10-15(2)12-18(11-14)30-16(3)23(29)27-7-4-17(5-8-27)21-25-19(13-20(28)26-21)22-24-6-9-31-22/h6,9-13,16-17H,4-5,7-8H2,1-3H3,(H,25,26,28)/t16-/m0/s1. The number of benzene rings is 1. The SMILES string of the molecule is Cc1cc(C)cc(O[C@@H](C)C(=O)N2CCC(c3nc(-c4nccs4)cc(=O)[nH]3)CC2)c1. The largest absolute Gasteiger partial charge is 0.481 e. The van der Waals surface area contributed by atoms with Crippen molar-refractivity contribution in [1.29, 1.82) is 0 Å². The van der Waals surface area contributed by atoms with Crippen molar-refractivity contribution < 1.29 is 9.53 Å². The lowest BCUT2D eigenvalue weighted by molar-refractivity contribution is -0.139. The van der Waals surface area contributed by atoms with Crippen LogP contribution in [0.15, 0.2) is 40.6 Å². The molecule has 3 heterocycles. The normalized spacial score (nSPS) is 15.6. The van der Waals surface area contributed by atoms with E-state index in [4.69, 9.17) is 4.74 Å². The van der Waals surface area contributed by atoms with Gasteiger partial charge in [-0.3, -0.25) is 9.59 Å². The summed E-state index contributed by atoms with van der Waals surface area (Å²) in [7, 11) is 0. The predicted molar refractivity (Wildman–Crippen MR) is 121 cm³/mol. The van der Waals surface area contributed by atoms with Crippen molar-refractivity contribution in [2.45, 2.75) is 45.6 Å². The van der Waals surface area contributed by atoms with Gasteiger partial charge >= 0.3 is 0 Å². The highest BCUT2D eigenvalue weighted by Crippen LogP contribution is 2.28. The summed E-state index contributed by atoms with van der Waals surface area (Å²) in [6, 6.07) is 7.44. The zero-order valence-electron chi connectivity index (χ0n) is 17.9. The maximum atomic E-state index is 12.9. The molecule has 0 aliphatic carbocycles. The van der Waals surface area contributed by atoms with Crippen LogP contribution in [0.2, 0.25) is 0 Å². The molecule has 1 atom stereocenters. The van der Waals surface area contributed by atoms with Gasteiger partial charge in [-0.25, -0.2) is 9.97 Å². The number of hydrogen-bond acceptors (Lipinski definition) is 6. The molecule has 0 saturated carbocycles. The van der Waals surface area contributed by atoms with Crippen molar-refractivity contribution in [2.75, 3.05) is 13.1 Å². The Morgan fingerprint density at radius 1 is 1.19 bits per heavy atom. The number of carbonyl (C=O) groups excluding carboxylic acids is 1. The molecular weight excluding hydrogens is 412 g/mol. The third-order valence-corrected chi connectivity index (χ3v) is 6.26. The van der Waals surface area contributed by atoms with E-state index in [0.717, 1.165) is 29.0 Å². The minimum atomic E-state index is -0.552. The van der Waals surface area contributed by atoms with Gasteiger partial charge in [0.2, 0.25) is 0 Å². The first-order valence-electron chi connectivity index (χ1n) is 10.4. The number of aromatic nitrogens is 3. The number of rotatable bonds is 5. The monoisotopic (exact) mass is 438 g/mol. The molecule has 2 aromatic heterocycles. The first-order valence-corrected chi connectivity index (χ1v) is 11.3. The third-order valence-electron chi connectivity index (χ3n) is 5.46. The number of nitrogens with zero attached hydrogens (tertiary/aromatic N) is 3. The quantitative estimate of drug-likeness (QED) is 0.656. The molecule has 3 aromatic rings. The molecule has 1 saturated heterocycles. The van der Waals surface area contributed by atoms with Gasteiger partial charge in [0, 0.05) is 36.7 Å². The Balaban J connectivity index is 1.39. The van der Waals surface area contributed by atoms with Gasteiger partial charge < -0.3 is 14.6 Å². The molecule has 1 aromatic carbocycles. The number of nitrogens with one attached hydrogen (secondary N) is 1. The Labute approximate surface area is 185 Å². The lowest BCUT2D eigenvalue weighted by Gasteiger charge is -2.33. The second-order valence-corrected chi connectivity index (χ2v) is 8.93. The summed E-state index contributed by atoms with van der Waals surface area (Å²) in [6.07, 6.45) is 2.64. The van der Waals surface area contributed by atoms with Crippen molar-refractivity contribution in [2.24, 2.45) is 0 Å². The molecule has 1 aliphatic heterocycles. The van der Waals surface area contributed by atoms with Crippen molar-refractivity contribution >= 4 is 17.2 Å². The van der Waals surface area contributed by atoms with E-state index >= 15 is 0 Å². The summed E-state index contributed by atoms with van der Waals surface area (Å²) >= 11 is 1.46. The van der Waals surface area contributed by atoms with Crippen LogP contribution >= 0.6 is 11.3 Å². The number of piperidine rings is 1. The first kappa shape index (κ1) is 21.2. The first-order chi connectivity index (χ1) is 14.9. The highest BCUT2D eigenvalue weighted by molar-refractivity contribution is 7.13. The predicted octanol–water partition coefficient (Wildman–Crippen LogP) is 3.68. The Morgan fingerprint density at radius 3 is 2.55 bits per heavy atom. The Hall–Kier alpha value is -3.00. The van der Waals surface area contributed by atoms with Crippen molar-refractivity contribution in [1.82, 2.24) is 19.9 Å². The van der Waals surface area contributed by atoms with Crippen LogP contribution in [0.25, 0.3) is 10.7 Å². The van der Waals surface area contributed by atoms with Gasteiger partial charge in [0.25, 0.3) is 11.5 Å². The van der Waals surface area contributed by atoms with Crippen LogP contribution in [0.1, 0.15) is 42.6 Å². The Kier molecular flexibility index (Phi) is 6.18. The number of amides is 1. The fourth-order valence-corrected chi connectivity index (χ4v) is 4.61. The molecule has 1 fully saturated rings. The lowest BCUT2D eigenvalue weighted by Crippen LogP contribution is -2.44. The van der Waals surface area contributed by atoms with E-state index in [1.807, 2.05) is 36.3 Å². The Bertz CT molecular complexity index is 1100. The van der Waals surface area contributed by atoms with E-state index in [-0.39, 0.29) is 17.4 Å². The highest BCUT2D eigenvalue weighted by Gasteiger charge is 2.29. The summed E-state index contributed by atoms with van der Waals surface area (Å²) in [4.78, 5) is 38.6. The van der Waals surface area contributed by atoms with Gasteiger partial charge in [0.15, 0.2) is 6.10 Å². The maximum absolute atomic E-state index is 12.9. The molecule has 0 radical (unpaired) electrons. The Morgan fingerprint density at radius 2 is 1.90 bits per heavy atom. The number of H-pyrrole nitrogens is 1. The van der Waals surface area contributed by atoms with Crippen molar-refractivity contribution in [3.63, 3.8) is 0 Å². The minimum absolute atomic E-state index is 0.0180. The molecule has 0 spiro atoms. The van der Waals surface area contributed by atoms with Gasteiger partial charge in [-0.2, -0.15) is 0 Å². The zero-order valence-corrected chi connectivity index (χ0v) is 18.7. The number of ether oxygens (including phenoxy) is 1. The fourth-order valence-electron chi connectivity index (χ4n) is 4.02. The number of likely N-dealkylation sites (tertiary alicyclic amines) is 1. The van der Waals surface area contributed by atoms with Crippen LogP contribution in [0.4, 0.5) is 0 Å². The second kappa shape index (κ2) is 9.01. The lowest BCUT2D eigenvalue weighted by atomic mass is 9.95. The van der Waals surface area contributed by atoms with Crippen LogP contribution in [-0.4, -0.2) is 45.0 Å². The number of aromatic amines is 1. The molecule has 8 heteroatoms. The molecule has 0 unspecified atom stereocenters. The summed E-state index contributed by atoms with van der Waals surface area (Å²) in [5, 5.41) is 2.60. The van der Waals surface area contributed by atoms with E-state index in [1.165, 1.54) is 17.4 Å². The van der Waals surface area contributed by atoms with Crippen LogP contribution in [0, 0.1) is 13.8 Å². The van der Waals surface area contributed by atoms with Gasteiger partial charge in [-0.1, -0.05) is 6.07 Å². The third kappa shape index (κ3) is 5.02. The fraction of sp³-hybridized carbons (Fsp3) is 0.391. The number of thiazole rings is 1. The van der Waals surface area contributed by atoms with Crippen molar-refractivity contribution in [3.05, 3.63) is 63.1 Å². The average Bonchev–Trinajstić information content (AvgIpc) is 3.27. The van der Waals surface area contributed by atoms with Crippen LogP contribution in [0.3, 0.4) is 0 Å². The van der Waals surface area contributed by atoms with Gasteiger partial charge in [0.1, 0.15) is 22.3 Å². The average molecular weight is 439 g/mol. The molecule has 1 N–H and O–H groups in total. The molecule has 7 nitrogen and oxygen atoms in total. The molecule has 31 heavy (non-hydrogen) atoms. The zero-order chi connectivity index (χ0) is 22.0. The molecule has 1 amide bonds. The van der Waals surface area contributed by atoms with E-state index in [2.05, 4.69) is 21.0 Å². The summed E-state index contributed by atoms with van der Waals surface area (Å²) in [5.74, 6) is 1.47. The van der Waals surface area contributed by atoms with Gasteiger partial charge in [0.05, 0.1) is 0 Å². The molecular formula is C23H26N4O3S. The molecule has 4 rings (SSSR count). The van der Waals surface area contributed by atoms with Crippen LogP contribution in [-0.2, 0) is 4.79 Å². The second-order valence-electron chi connectivity index (χ2n) is 8.04. The number of hydrogen-bond donors (Lipinski definition) is 1. The smallest absolute Gasteiger partial charge is 0.263 e. The van der Waals surface area contributed by atoms with Crippen LogP contribution < -0.4 is 10.3 Å². The summed E-state index contributed by atoms with van der Waals surface area (Å²) in [5.41, 5.74) is 2.64. The molecule has 1 aliphatic rings. The molecule has 0 bridgehead atoms. The van der Waals surface area contributed by atoms with E-state index < -0.39 is 6.10 Å². The maximum Gasteiger partial charge on any atom is 0.263 e. The topological polar surface area (TPSA) is 88.2 Å². The van der Waals surface area contributed by atoms with E-state index in [1.54, 1.807) is 13.1 Å². The van der Waals surface area contributed by atoms with Gasteiger partial charge in [-0.15, -0.1) is 11.3 Å². The van der Waals surface area contributed by atoms with Gasteiger partial charge in [-0.05, 0) is 56.9 Å². The number of aryl methyl sites for hydroxylation is 2. The minimum Gasteiger partial charge on any atom is -0.481 e.